The van der Waals surface area contributed by atoms with E-state index >= 15 is 0 Å². The number of aliphatic hydroxyl groups is 1. The number of aryl methyl sites for hydroxylation is 2. The van der Waals surface area contributed by atoms with E-state index in [1.807, 2.05) is 62.4 Å². The van der Waals surface area contributed by atoms with Crippen LogP contribution in [0.5, 0.6) is 5.75 Å². The molecule has 1 amide bonds. The highest BCUT2D eigenvalue weighted by Gasteiger charge is 2.48. The number of rotatable bonds is 9. The number of carbonyl (C=O) groups is 2. The van der Waals surface area contributed by atoms with Crippen molar-refractivity contribution in [1.82, 2.24) is 10.2 Å². The fraction of sp³-hybridized carbons (Fsp3) is 0.143. The molecule has 5 aromatic rings. The van der Waals surface area contributed by atoms with E-state index in [0.717, 1.165) is 28.0 Å². The minimum absolute atomic E-state index is 0.0481. The highest BCUT2D eigenvalue weighted by Crippen LogP contribution is 2.44. The van der Waals surface area contributed by atoms with Crippen LogP contribution in [-0.4, -0.2) is 27.0 Å². The van der Waals surface area contributed by atoms with Crippen molar-refractivity contribution in [3.8, 4) is 5.75 Å². The molecule has 0 saturated carbocycles. The average Bonchev–Trinajstić information content (AvgIpc) is 3.61. The van der Waals surface area contributed by atoms with Crippen LogP contribution in [0.25, 0.3) is 5.76 Å². The number of aromatic nitrogens is 2. The number of carbonyl (C=O) groups excluding carboxylic acids is 2. The number of thioether (sulfide) groups is 1. The van der Waals surface area contributed by atoms with Gasteiger partial charge in [0.05, 0.1) is 11.6 Å². The molecule has 7 nitrogen and oxygen atoms in total. The predicted molar refractivity (Wildman–Crippen MR) is 174 cm³/mol. The van der Waals surface area contributed by atoms with Gasteiger partial charge < -0.3 is 9.84 Å². The van der Waals surface area contributed by atoms with Gasteiger partial charge in [-0.25, -0.2) is 4.39 Å². The molecule has 1 fully saturated rings. The summed E-state index contributed by atoms with van der Waals surface area (Å²) in [6.45, 7) is 4.34. The van der Waals surface area contributed by atoms with Gasteiger partial charge in [-0.2, -0.15) is 0 Å². The van der Waals surface area contributed by atoms with Gasteiger partial charge in [-0.15, -0.1) is 10.2 Å². The Morgan fingerprint density at radius 2 is 1.69 bits per heavy atom. The van der Waals surface area contributed by atoms with Crippen LogP contribution in [0.2, 0.25) is 0 Å². The summed E-state index contributed by atoms with van der Waals surface area (Å²) in [4.78, 5) is 28.3. The predicted octanol–water partition coefficient (Wildman–Crippen LogP) is 7.79. The fourth-order valence-corrected chi connectivity index (χ4v) is 6.89. The van der Waals surface area contributed by atoms with Crippen LogP contribution < -0.4 is 9.64 Å². The van der Waals surface area contributed by atoms with Gasteiger partial charge in [0.25, 0.3) is 5.78 Å². The number of anilines is 1. The van der Waals surface area contributed by atoms with E-state index in [2.05, 4.69) is 10.2 Å². The average molecular weight is 638 g/mol. The summed E-state index contributed by atoms with van der Waals surface area (Å²) in [6.07, 6.45) is 0. The number of ether oxygens (including phenoxy) is 1. The summed E-state index contributed by atoms with van der Waals surface area (Å²) in [7, 11) is 0. The molecule has 6 rings (SSSR count). The Bertz CT molecular complexity index is 1910. The molecule has 1 aromatic heterocycles. The van der Waals surface area contributed by atoms with Crippen LogP contribution in [-0.2, 0) is 21.9 Å². The molecular formula is C35H28FN3O4S2. The number of halogens is 1. The molecule has 10 heteroatoms. The molecule has 2 heterocycles. The lowest BCUT2D eigenvalue weighted by Crippen LogP contribution is -2.29. The lowest BCUT2D eigenvalue weighted by Gasteiger charge is -2.22. The van der Waals surface area contributed by atoms with E-state index in [1.54, 1.807) is 42.5 Å². The normalized spacial score (nSPS) is 15.9. The van der Waals surface area contributed by atoms with Crippen molar-refractivity contribution in [1.29, 1.82) is 0 Å². The largest absolute Gasteiger partial charge is 0.507 e. The molecule has 1 saturated heterocycles. The minimum Gasteiger partial charge on any atom is -0.507 e. The Balaban J connectivity index is 1.30. The van der Waals surface area contributed by atoms with E-state index in [4.69, 9.17) is 4.74 Å². The Kier molecular flexibility index (Phi) is 8.77. The molecule has 1 aliphatic rings. The first-order valence-electron chi connectivity index (χ1n) is 14.1. The van der Waals surface area contributed by atoms with Crippen molar-refractivity contribution in [3.63, 3.8) is 0 Å². The summed E-state index contributed by atoms with van der Waals surface area (Å²) in [5, 5.41) is 20.1. The van der Waals surface area contributed by atoms with Crippen LogP contribution in [0.4, 0.5) is 9.52 Å². The van der Waals surface area contributed by atoms with E-state index in [-0.39, 0.29) is 22.3 Å². The SMILES string of the molecule is Cc1ccc(C2C(=C(O)c3ccc(OCc4cccc(C)c4)cc3)C(=O)C(=O)N2c2nnc(SCc3ccccc3F)s2)cc1. The van der Waals surface area contributed by atoms with Crippen LogP contribution in [0.15, 0.2) is 107 Å². The van der Waals surface area contributed by atoms with E-state index in [1.165, 1.54) is 22.7 Å². The molecule has 1 atom stereocenters. The van der Waals surface area contributed by atoms with Gasteiger partial charge in [-0.05, 0) is 60.9 Å². The zero-order valence-corrected chi connectivity index (χ0v) is 26.1. The Labute approximate surface area is 268 Å². The number of aliphatic hydroxyl groups excluding tert-OH is 1. The number of nitrogens with zero attached hydrogens (tertiary/aromatic N) is 3. The topological polar surface area (TPSA) is 92.6 Å². The molecule has 226 valence electrons. The smallest absolute Gasteiger partial charge is 0.301 e. The highest BCUT2D eigenvalue weighted by atomic mass is 32.2. The first-order valence-corrected chi connectivity index (χ1v) is 15.9. The number of Topliss-reactive ketones (excluding diaryl/α,β-unsaturated/α-hetero) is 1. The van der Waals surface area contributed by atoms with Gasteiger partial charge >= 0.3 is 5.91 Å². The second-order valence-corrected chi connectivity index (χ2v) is 12.8. The van der Waals surface area contributed by atoms with E-state index in [0.29, 0.717) is 39.1 Å². The Morgan fingerprint density at radius 1 is 0.933 bits per heavy atom. The van der Waals surface area contributed by atoms with E-state index in [9.17, 15) is 19.1 Å². The van der Waals surface area contributed by atoms with Crippen LogP contribution in [0, 0.1) is 19.7 Å². The first-order chi connectivity index (χ1) is 21.8. The highest BCUT2D eigenvalue weighted by molar-refractivity contribution is 8.00. The molecule has 4 aromatic carbocycles. The number of ketones is 1. The maximum absolute atomic E-state index is 14.1. The third-order valence-electron chi connectivity index (χ3n) is 7.36. The Hall–Kier alpha value is -4.80. The molecule has 0 radical (unpaired) electrons. The molecule has 1 N–H and O–H groups in total. The maximum atomic E-state index is 14.1. The van der Waals surface area contributed by atoms with Gasteiger partial charge in [0.15, 0.2) is 4.34 Å². The maximum Gasteiger partial charge on any atom is 0.301 e. The third-order valence-corrected chi connectivity index (χ3v) is 9.47. The Morgan fingerprint density at radius 3 is 2.42 bits per heavy atom. The molecule has 0 bridgehead atoms. The molecule has 1 unspecified atom stereocenters. The second-order valence-electron chi connectivity index (χ2n) is 10.6. The van der Waals surface area contributed by atoms with Crippen LogP contribution in [0.3, 0.4) is 0 Å². The quantitative estimate of drug-likeness (QED) is 0.0580. The standard InChI is InChI=1S/C35H28FN3O4S2/c1-21-10-12-24(13-11-21)30-29(31(40)25-14-16-27(17-15-25)43-19-23-7-5-6-22(2)18-23)32(41)33(42)39(30)34-37-38-35(45-34)44-20-26-8-3-4-9-28(26)36/h3-18,30,40H,19-20H2,1-2H3. The van der Waals surface area contributed by atoms with Gasteiger partial charge in [0.1, 0.15) is 23.9 Å². The zero-order chi connectivity index (χ0) is 31.5. The lowest BCUT2D eigenvalue weighted by molar-refractivity contribution is -0.132. The van der Waals surface area contributed by atoms with Crippen molar-refractivity contribution in [3.05, 3.63) is 142 Å². The van der Waals surface area contributed by atoms with Gasteiger partial charge in [0.2, 0.25) is 5.13 Å². The third kappa shape index (κ3) is 6.52. The summed E-state index contributed by atoms with van der Waals surface area (Å²) >= 11 is 2.41. The zero-order valence-electron chi connectivity index (χ0n) is 24.4. The molecule has 0 spiro atoms. The summed E-state index contributed by atoms with van der Waals surface area (Å²) in [5.74, 6) is -1.34. The first kappa shape index (κ1) is 30.2. The molecule has 1 aliphatic heterocycles. The van der Waals surface area contributed by atoms with Gasteiger partial charge in [0, 0.05) is 11.3 Å². The molecular weight excluding hydrogens is 610 g/mol. The monoisotopic (exact) mass is 637 g/mol. The van der Waals surface area contributed by atoms with Crippen LogP contribution in [0.1, 0.15) is 39.4 Å². The van der Waals surface area contributed by atoms with Crippen molar-refractivity contribution < 1.29 is 23.8 Å². The molecule has 0 aliphatic carbocycles. The van der Waals surface area contributed by atoms with E-state index < -0.39 is 17.7 Å². The number of amides is 1. The van der Waals surface area contributed by atoms with Crippen molar-refractivity contribution in [2.24, 2.45) is 0 Å². The minimum atomic E-state index is -0.930. The fourth-order valence-electron chi connectivity index (χ4n) is 5.04. The number of benzene rings is 4. The van der Waals surface area contributed by atoms with Crippen LogP contribution >= 0.6 is 23.1 Å². The summed E-state index contributed by atoms with van der Waals surface area (Å²) in [6, 6.07) is 27.7. The van der Waals surface area contributed by atoms with Crippen molar-refractivity contribution in [2.45, 2.75) is 36.6 Å². The molecule has 45 heavy (non-hydrogen) atoms. The number of hydrogen-bond donors (Lipinski definition) is 1. The van der Waals surface area contributed by atoms with Gasteiger partial charge in [-0.3, -0.25) is 14.5 Å². The summed E-state index contributed by atoms with van der Waals surface area (Å²) < 4.78 is 20.6. The van der Waals surface area contributed by atoms with Gasteiger partial charge in [-0.1, -0.05) is 101 Å². The second kappa shape index (κ2) is 13.1. The van der Waals surface area contributed by atoms with Crippen molar-refractivity contribution in [2.75, 3.05) is 4.90 Å². The van der Waals surface area contributed by atoms with Crippen molar-refractivity contribution >= 4 is 45.7 Å². The summed E-state index contributed by atoms with van der Waals surface area (Å²) in [5.41, 5.74) is 4.65. The lowest BCUT2D eigenvalue weighted by atomic mass is 9.95. The number of hydrogen-bond acceptors (Lipinski definition) is 8.